The van der Waals surface area contributed by atoms with Gasteiger partial charge in [-0.15, -0.1) is 0 Å². The maximum Gasteiger partial charge on any atom is 0.395 e. The van der Waals surface area contributed by atoms with Crippen molar-refractivity contribution < 1.29 is 19.3 Å². The van der Waals surface area contributed by atoms with Crippen molar-refractivity contribution in [1.29, 1.82) is 0 Å². The number of aliphatic hydroxyl groups excluding tert-OH is 1. The van der Waals surface area contributed by atoms with Gasteiger partial charge in [-0.2, -0.15) is 0 Å². The lowest BCUT2D eigenvalue weighted by Crippen LogP contribution is -2.61. The standard InChI is InChI=1S/C15H17N5O3/c1-18-12-11(13(22)19(2)15(18)23)20(8-9-21)14(17-12)16-10-6-4-3-5-7-10/h3-7,11,21H,8-9H2,1-2H3/p+1. The number of nitrogens with one attached hydrogen (secondary N) is 1. The maximum atomic E-state index is 12.5. The lowest BCUT2D eigenvalue weighted by Gasteiger charge is -2.31. The van der Waals surface area contributed by atoms with Crippen molar-refractivity contribution in [2.75, 3.05) is 32.6 Å². The molecule has 1 unspecified atom stereocenters. The van der Waals surface area contributed by atoms with E-state index in [2.05, 4.69) is 10.3 Å². The van der Waals surface area contributed by atoms with Crippen molar-refractivity contribution >= 4 is 29.4 Å². The van der Waals surface area contributed by atoms with Crippen LogP contribution in [0.2, 0.25) is 0 Å². The van der Waals surface area contributed by atoms with Crippen LogP contribution in [-0.4, -0.2) is 76.5 Å². The number of carbonyl (C=O) groups is 2. The van der Waals surface area contributed by atoms with Crippen molar-refractivity contribution in [3.8, 4) is 0 Å². The molecule has 120 valence electrons. The number of likely N-dealkylation sites (N-methyl/N-ethyl adjacent to an activating group) is 2. The van der Waals surface area contributed by atoms with Crippen molar-refractivity contribution in [2.45, 2.75) is 6.04 Å². The fourth-order valence-electron chi connectivity index (χ4n) is 2.69. The van der Waals surface area contributed by atoms with Gasteiger partial charge < -0.3 is 5.11 Å². The molecule has 0 radical (unpaired) electrons. The molecule has 1 aromatic carbocycles. The zero-order valence-electron chi connectivity index (χ0n) is 12.9. The van der Waals surface area contributed by atoms with Gasteiger partial charge in [-0.05, 0) is 12.1 Å². The number of aliphatic hydroxyl groups is 1. The number of guanidine groups is 1. The molecule has 1 fully saturated rings. The highest BCUT2D eigenvalue weighted by molar-refractivity contribution is 6.23. The Kier molecular flexibility index (Phi) is 3.83. The van der Waals surface area contributed by atoms with Crippen LogP contribution in [0.1, 0.15) is 0 Å². The van der Waals surface area contributed by atoms with Crippen LogP contribution < -0.4 is 5.32 Å². The lowest BCUT2D eigenvalue weighted by atomic mass is 10.1. The summed E-state index contributed by atoms with van der Waals surface area (Å²) >= 11 is 0. The van der Waals surface area contributed by atoms with E-state index in [9.17, 15) is 14.7 Å². The van der Waals surface area contributed by atoms with E-state index in [4.69, 9.17) is 0 Å². The summed E-state index contributed by atoms with van der Waals surface area (Å²) < 4.78 is 1.67. The van der Waals surface area contributed by atoms with Gasteiger partial charge in [0.25, 0.3) is 5.91 Å². The highest BCUT2D eigenvalue weighted by Gasteiger charge is 2.51. The topological polar surface area (TPSA) is 88.2 Å². The second-order valence-electron chi connectivity index (χ2n) is 5.34. The van der Waals surface area contributed by atoms with Gasteiger partial charge in [0.1, 0.15) is 0 Å². The number of amidine groups is 1. The minimum Gasteiger partial charge on any atom is -0.393 e. The van der Waals surface area contributed by atoms with Crippen molar-refractivity contribution in [1.82, 2.24) is 9.80 Å². The number of urea groups is 1. The summed E-state index contributed by atoms with van der Waals surface area (Å²) in [6.07, 6.45) is 0. The molecule has 0 saturated carbocycles. The Labute approximate surface area is 133 Å². The summed E-state index contributed by atoms with van der Waals surface area (Å²) in [5.74, 6) is 0.448. The molecule has 0 bridgehead atoms. The number of carbonyl (C=O) groups excluding carboxylic acids is 2. The zero-order chi connectivity index (χ0) is 16.6. The number of para-hydroxylation sites is 1. The van der Waals surface area contributed by atoms with E-state index in [-0.39, 0.29) is 19.1 Å². The van der Waals surface area contributed by atoms with Crippen LogP contribution in [0.5, 0.6) is 0 Å². The quantitative estimate of drug-likeness (QED) is 0.754. The smallest absolute Gasteiger partial charge is 0.393 e. The van der Waals surface area contributed by atoms with Crippen LogP contribution in [0.4, 0.5) is 10.5 Å². The second kappa shape index (κ2) is 5.81. The number of β-amino-alcohol motifs (C(OH)–C–C–N with tert-alkyl or cyclic N) is 1. The molecule has 8 heteroatoms. The normalized spacial score (nSPS) is 20.8. The predicted molar refractivity (Wildman–Crippen MR) is 84.4 cm³/mol. The Hall–Kier alpha value is -2.74. The Morgan fingerprint density at radius 1 is 1.22 bits per heavy atom. The number of imide groups is 1. The lowest BCUT2D eigenvalue weighted by molar-refractivity contribution is -0.537. The number of nitrogens with zero attached hydrogens (tertiary/aromatic N) is 4. The summed E-state index contributed by atoms with van der Waals surface area (Å²) in [5, 5.41) is 12.5. The number of rotatable bonds is 3. The summed E-state index contributed by atoms with van der Waals surface area (Å²) in [7, 11) is 3.03. The fraction of sp³-hybridized carbons (Fsp3) is 0.333. The average Bonchev–Trinajstić information content (AvgIpc) is 2.91. The number of hydrogen-bond donors (Lipinski definition) is 2. The Morgan fingerprint density at radius 2 is 1.91 bits per heavy atom. The third-order valence-corrected chi connectivity index (χ3v) is 3.90. The molecule has 23 heavy (non-hydrogen) atoms. The first-order valence-corrected chi connectivity index (χ1v) is 7.25. The number of amides is 3. The minimum atomic E-state index is -0.707. The molecule has 8 nitrogen and oxygen atoms in total. The van der Waals surface area contributed by atoms with Crippen molar-refractivity contribution in [3.05, 3.63) is 30.3 Å². The number of aliphatic imine (C=N–C) groups is 1. The highest BCUT2D eigenvalue weighted by Crippen LogP contribution is 2.19. The van der Waals surface area contributed by atoms with Gasteiger partial charge in [-0.3, -0.25) is 14.6 Å². The van der Waals surface area contributed by atoms with Gasteiger partial charge in [0.05, 0.1) is 18.8 Å². The second-order valence-corrected chi connectivity index (χ2v) is 5.34. The summed E-state index contributed by atoms with van der Waals surface area (Å²) in [6, 6.07) is 8.26. The van der Waals surface area contributed by atoms with E-state index in [1.54, 1.807) is 11.6 Å². The summed E-state index contributed by atoms with van der Waals surface area (Å²) in [4.78, 5) is 31.4. The third kappa shape index (κ3) is 2.46. The molecule has 3 rings (SSSR count). The van der Waals surface area contributed by atoms with E-state index < -0.39 is 12.1 Å². The number of benzene rings is 1. The van der Waals surface area contributed by atoms with Crippen LogP contribution in [0.3, 0.4) is 0 Å². The largest absolute Gasteiger partial charge is 0.395 e. The van der Waals surface area contributed by atoms with Crippen molar-refractivity contribution in [3.63, 3.8) is 0 Å². The molecule has 3 amide bonds. The maximum absolute atomic E-state index is 12.5. The van der Waals surface area contributed by atoms with Gasteiger partial charge in [-0.1, -0.05) is 23.2 Å². The van der Waals surface area contributed by atoms with Crippen LogP contribution in [-0.2, 0) is 4.79 Å². The molecular formula is C15H18N5O3+. The number of anilines is 1. The minimum absolute atomic E-state index is 0.131. The Morgan fingerprint density at radius 3 is 2.57 bits per heavy atom. The molecule has 1 saturated heterocycles. The monoisotopic (exact) mass is 316 g/mol. The van der Waals surface area contributed by atoms with E-state index in [0.717, 1.165) is 10.6 Å². The van der Waals surface area contributed by atoms with Crippen LogP contribution in [0, 0.1) is 0 Å². The van der Waals surface area contributed by atoms with E-state index in [1.807, 2.05) is 30.3 Å². The molecule has 1 aromatic rings. The first-order valence-electron chi connectivity index (χ1n) is 7.25. The molecule has 0 aliphatic carbocycles. The summed E-state index contributed by atoms with van der Waals surface area (Å²) in [6.45, 7) is 0.0996. The summed E-state index contributed by atoms with van der Waals surface area (Å²) in [5.41, 5.74) is 0.809. The van der Waals surface area contributed by atoms with Gasteiger partial charge in [0.2, 0.25) is 11.9 Å². The third-order valence-electron chi connectivity index (χ3n) is 3.90. The average molecular weight is 316 g/mol. The van der Waals surface area contributed by atoms with Gasteiger partial charge in [-0.25, -0.2) is 14.7 Å². The molecule has 2 aliphatic rings. The molecule has 0 spiro atoms. The first-order chi connectivity index (χ1) is 11.0. The van der Waals surface area contributed by atoms with E-state index >= 15 is 0 Å². The molecule has 1 atom stereocenters. The fourth-order valence-corrected chi connectivity index (χ4v) is 2.69. The molecule has 2 heterocycles. The Bertz CT molecular complexity index is 713. The number of fused-ring (bicyclic) bond motifs is 1. The molecule has 2 aliphatic heterocycles. The van der Waals surface area contributed by atoms with Gasteiger partial charge >= 0.3 is 12.0 Å². The Balaban J connectivity index is 2.01. The highest BCUT2D eigenvalue weighted by atomic mass is 16.3. The zero-order valence-corrected chi connectivity index (χ0v) is 12.9. The SMILES string of the molecule is CN1C(=O)C2C(=NC(Nc3ccccc3)=[N+]2CCO)N(C)C1=O. The molecule has 0 aromatic heterocycles. The molecular weight excluding hydrogens is 298 g/mol. The van der Waals surface area contributed by atoms with Crippen LogP contribution >= 0.6 is 0 Å². The predicted octanol–water partition coefficient (Wildman–Crippen LogP) is -0.236. The van der Waals surface area contributed by atoms with Gasteiger partial charge in [0, 0.05) is 14.1 Å². The van der Waals surface area contributed by atoms with Crippen LogP contribution in [0.25, 0.3) is 0 Å². The van der Waals surface area contributed by atoms with Crippen LogP contribution in [0.15, 0.2) is 35.3 Å². The van der Waals surface area contributed by atoms with Gasteiger partial charge in [0.15, 0.2) is 0 Å². The van der Waals surface area contributed by atoms with E-state index in [1.165, 1.54) is 11.9 Å². The van der Waals surface area contributed by atoms with E-state index in [0.29, 0.717) is 11.8 Å². The first kappa shape index (κ1) is 15.2. The van der Waals surface area contributed by atoms with Crippen molar-refractivity contribution in [2.24, 2.45) is 4.99 Å². The molecule has 2 N–H and O–H groups in total. The number of hydrogen-bond acceptors (Lipinski definition) is 5.